The molecule has 0 atom stereocenters. The van der Waals surface area contributed by atoms with Gasteiger partial charge in [-0.15, -0.1) is 0 Å². The predicted molar refractivity (Wildman–Crippen MR) is 80.6 cm³/mol. The second kappa shape index (κ2) is 4.85. The molecule has 1 aromatic heterocycles. The molecule has 1 N–H and O–H groups in total. The molecule has 4 fully saturated rings. The van der Waals surface area contributed by atoms with Crippen LogP contribution < -0.4 is 5.32 Å². The average Bonchev–Trinajstić information content (AvgIpc) is 2.80. The Labute approximate surface area is 126 Å². The SMILES string of the molecule is Cc1ccn(CC(=O)NCC23CC4CC(CC(C4)C2)C3)n1. The molecular weight excluding hydrogens is 262 g/mol. The van der Waals surface area contributed by atoms with E-state index in [2.05, 4.69) is 10.4 Å². The van der Waals surface area contributed by atoms with Crippen LogP contribution in [0.3, 0.4) is 0 Å². The first-order valence-electron chi connectivity index (χ1n) is 8.37. The second-order valence-electron chi connectivity index (χ2n) is 7.85. The van der Waals surface area contributed by atoms with Gasteiger partial charge >= 0.3 is 0 Å². The number of amides is 1. The van der Waals surface area contributed by atoms with Crippen LogP contribution in [0.5, 0.6) is 0 Å². The topological polar surface area (TPSA) is 46.9 Å². The fourth-order valence-corrected chi connectivity index (χ4v) is 5.55. The van der Waals surface area contributed by atoms with E-state index in [4.69, 9.17) is 0 Å². The summed E-state index contributed by atoms with van der Waals surface area (Å²) >= 11 is 0. The lowest BCUT2D eigenvalue weighted by atomic mass is 9.49. The third-order valence-corrected chi connectivity index (χ3v) is 5.91. The molecule has 4 bridgehead atoms. The molecule has 1 heterocycles. The van der Waals surface area contributed by atoms with Crippen molar-refractivity contribution in [1.82, 2.24) is 15.1 Å². The molecule has 1 aromatic rings. The maximum Gasteiger partial charge on any atom is 0.241 e. The molecule has 5 rings (SSSR count). The molecular formula is C17H25N3O. The molecule has 114 valence electrons. The fourth-order valence-electron chi connectivity index (χ4n) is 5.55. The molecule has 4 heteroatoms. The van der Waals surface area contributed by atoms with Crippen molar-refractivity contribution in [3.8, 4) is 0 Å². The zero-order valence-corrected chi connectivity index (χ0v) is 12.8. The van der Waals surface area contributed by atoms with Crippen molar-refractivity contribution in [3.63, 3.8) is 0 Å². The Morgan fingerprint density at radius 3 is 2.43 bits per heavy atom. The Balaban J connectivity index is 1.35. The van der Waals surface area contributed by atoms with E-state index in [1.54, 1.807) is 4.68 Å². The molecule has 4 saturated carbocycles. The van der Waals surface area contributed by atoms with Gasteiger partial charge in [0.05, 0.1) is 5.69 Å². The van der Waals surface area contributed by atoms with Crippen LogP contribution in [0.4, 0.5) is 0 Å². The van der Waals surface area contributed by atoms with Gasteiger partial charge in [-0.2, -0.15) is 5.10 Å². The van der Waals surface area contributed by atoms with Crippen LogP contribution in [-0.2, 0) is 11.3 Å². The largest absolute Gasteiger partial charge is 0.354 e. The molecule has 4 aliphatic carbocycles. The highest BCUT2D eigenvalue weighted by Gasteiger charge is 2.50. The molecule has 0 aliphatic heterocycles. The Morgan fingerprint density at radius 2 is 1.90 bits per heavy atom. The summed E-state index contributed by atoms with van der Waals surface area (Å²) in [6, 6.07) is 1.94. The number of carbonyl (C=O) groups excluding carboxylic acids is 1. The number of aromatic nitrogens is 2. The van der Waals surface area contributed by atoms with Crippen LogP contribution >= 0.6 is 0 Å². The van der Waals surface area contributed by atoms with E-state index in [9.17, 15) is 4.79 Å². The van der Waals surface area contributed by atoms with E-state index in [0.717, 1.165) is 30.0 Å². The first-order valence-corrected chi connectivity index (χ1v) is 8.37. The summed E-state index contributed by atoms with van der Waals surface area (Å²) < 4.78 is 1.73. The summed E-state index contributed by atoms with van der Waals surface area (Å²) in [6.45, 7) is 3.18. The molecule has 1 amide bonds. The number of nitrogens with zero attached hydrogens (tertiary/aromatic N) is 2. The number of nitrogens with one attached hydrogen (secondary N) is 1. The van der Waals surface area contributed by atoms with Crippen molar-refractivity contribution < 1.29 is 4.79 Å². The lowest BCUT2D eigenvalue weighted by Gasteiger charge is -2.56. The Bertz CT molecular complexity index is 513. The second-order valence-corrected chi connectivity index (χ2v) is 7.85. The average molecular weight is 287 g/mol. The molecule has 0 radical (unpaired) electrons. The molecule has 0 saturated heterocycles. The van der Waals surface area contributed by atoms with Gasteiger partial charge in [-0.3, -0.25) is 9.48 Å². The standard InChI is InChI=1S/C17H25N3O/c1-12-2-3-20(19-12)10-16(21)18-11-17-7-13-4-14(8-17)6-15(5-13)9-17/h2-3,13-15H,4-11H2,1H3,(H,18,21). The maximum absolute atomic E-state index is 12.1. The summed E-state index contributed by atoms with van der Waals surface area (Å²) in [6.07, 6.45) is 10.3. The van der Waals surface area contributed by atoms with Crippen molar-refractivity contribution in [2.45, 2.75) is 52.0 Å². The summed E-state index contributed by atoms with van der Waals surface area (Å²) in [5, 5.41) is 7.48. The van der Waals surface area contributed by atoms with Gasteiger partial charge in [0.15, 0.2) is 0 Å². The number of hydrogen-bond donors (Lipinski definition) is 1. The Kier molecular flexibility index (Phi) is 3.09. The molecule has 4 aliphatic rings. The maximum atomic E-state index is 12.1. The number of hydrogen-bond acceptors (Lipinski definition) is 2. The minimum absolute atomic E-state index is 0.105. The van der Waals surface area contributed by atoms with E-state index < -0.39 is 0 Å². The van der Waals surface area contributed by atoms with Crippen molar-refractivity contribution >= 4 is 5.91 Å². The van der Waals surface area contributed by atoms with E-state index in [1.165, 1.54) is 38.5 Å². The quantitative estimate of drug-likeness (QED) is 0.925. The van der Waals surface area contributed by atoms with Gasteiger partial charge in [-0.25, -0.2) is 0 Å². The van der Waals surface area contributed by atoms with Gasteiger partial charge < -0.3 is 5.32 Å². The highest BCUT2D eigenvalue weighted by atomic mass is 16.2. The summed E-state index contributed by atoms with van der Waals surface area (Å²) in [5.74, 6) is 2.94. The number of rotatable bonds is 4. The number of carbonyl (C=O) groups is 1. The summed E-state index contributed by atoms with van der Waals surface area (Å²) in [7, 11) is 0. The van der Waals surface area contributed by atoms with Crippen molar-refractivity contribution in [3.05, 3.63) is 18.0 Å². The zero-order valence-electron chi connectivity index (χ0n) is 12.8. The highest BCUT2D eigenvalue weighted by molar-refractivity contribution is 5.75. The van der Waals surface area contributed by atoms with Crippen molar-refractivity contribution in [2.75, 3.05) is 6.54 Å². The van der Waals surface area contributed by atoms with Crippen LogP contribution in [0.25, 0.3) is 0 Å². The van der Waals surface area contributed by atoms with Gasteiger partial charge in [0.1, 0.15) is 6.54 Å². The van der Waals surface area contributed by atoms with E-state index in [1.807, 2.05) is 19.2 Å². The molecule has 21 heavy (non-hydrogen) atoms. The lowest BCUT2D eigenvalue weighted by molar-refractivity contribution is -0.124. The van der Waals surface area contributed by atoms with Crippen LogP contribution in [0.15, 0.2) is 12.3 Å². The smallest absolute Gasteiger partial charge is 0.241 e. The molecule has 0 spiro atoms. The monoisotopic (exact) mass is 287 g/mol. The van der Waals surface area contributed by atoms with Gasteiger partial charge in [0, 0.05) is 12.7 Å². The molecule has 0 aromatic carbocycles. The van der Waals surface area contributed by atoms with Crippen molar-refractivity contribution in [2.24, 2.45) is 23.2 Å². The molecule has 4 nitrogen and oxygen atoms in total. The summed E-state index contributed by atoms with van der Waals surface area (Å²) in [4.78, 5) is 12.1. The van der Waals surface area contributed by atoms with Crippen LogP contribution in [0.2, 0.25) is 0 Å². The first-order chi connectivity index (χ1) is 10.1. The highest BCUT2D eigenvalue weighted by Crippen LogP contribution is 2.59. The van der Waals surface area contributed by atoms with Crippen LogP contribution in [0.1, 0.15) is 44.2 Å². The van der Waals surface area contributed by atoms with Crippen LogP contribution in [0, 0.1) is 30.1 Å². The van der Waals surface area contributed by atoms with Gasteiger partial charge in [-0.05, 0) is 74.7 Å². The minimum Gasteiger partial charge on any atom is -0.354 e. The van der Waals surface area contributed by atoms with E-state index >= 15 is 0 Å². The van der Waals surface area contributed by atoms with Gasteiger partial charge in [-0.1, -0.05) is 0 Å². The zero-order chi connectivity index (χ0) is 14.4. The van der Waals surface area contributed by atoms with Gasteiger partial charge in [0.2, 0.25) is 5.91 Å². The van der Waals surface area contributed by atoms with Crippen molar-refractivity contribution in [1.29, 1.82) is 0 Å². The number of aryl methyl sites for hydroxylation is 1. The van der Waals surface area contributed by atoms with Crippen LogP contribution in [-0.4, -0.2) is 22.2 Å². The Hall–Kier alpha value is -1.32. The lowest BCUT2D eigenvalue weighted by Crippen LogP contribution is -2.51. The van der Waals surface area contributed by atoms with Gasteiger partial charge in [0.25, 0.3) is 0 Å². The minimum atomic E-state index is 0.105. The third-order valence-electron chi connectivity index (χ3n) is 5.91. The fraction of sp³-hybridized carbons (Fsp3) is 0.765. The Morgan fingerprint density at radius 1 is 1.29 bits per heavy atom. The first kappa shape index (κ1) is 13.4. The summed E-state index contributed by atoms with van der Waals surface area (Å²) in [5.41, 5.74) is 1.38. The van der Waals surface area contributed by atoms with E-state index in [0.29, 0.717) is 12.0 Å². The normalized spacial score (nSPS) is 36.9. The molecule has 0 unspecified atom stereocenters. The predicted octanol–water partition coefficient (Wildman–Crippen LogP) is 2.52. The van der Waals surface area contributed by atoms with E-state index in [-0.39, 0.29) is 5.91 Å². The third kappa shape index (κ3) is 2.60.